The summed E-state index contributed by atoms with van der Waals surface area (Å²) in [7, 11) is -3.36. The fourth-order valence-electron chi connectivity index (χ4n) is 0.971. The lowest BCUT2D eigenvalue weighted by molar-refractivity contribution is -0.219. The van der Waals surface area contributed by atoms with Gasteiger partial charge in [0.25, 0.3) is 0 Å². The Morgan fingerprint density at radius 3 is 2.43 bits per heavy atom. The average Bonchev–Trinajstić information content (AvgIpc) is 2.28. The lowest BCUT2D eigenvalue weighted by atomic mass is 10.3. The van der Waals surface area contributed by atoms with Gasteiger partial charge in [-0.3, -0.25) is 0 Å². The third-order valence-electron chi connectivity index (χ3n) is 1.74. The molecule has 14 heavy (non-hydrogen) atoms. The number of ether oxygens (including phenoxy) is 1. The molecule has 1 aliphatic heterocycles. The first kappa shape index (κ1) is 11.5. The topological polar surface area (TPSA) is 43.4 Å². The summed E-state index contributed by atoms with van der Waals surface area (Å²) in [6.07, 6.45) is -6.28. The van der Waals surface area contributed by atoms with E-state index < -0.39 is 34.0 Å². The highest BCUT2D eigenvalue weighted by Crippen LogP contribution is 2.25. The van der Waals surface area contributed by atoms with Crippen molar-refractivity contribution >= 4 is 9.84 Å². The molecule has 0 fully saturated rings. The zero-order chi connectivity index (χ0) is 11.0. The molecule has 2 atom stereocenters. The molecule has 0 aromatic heterocycles. The summed E-state index contributed by atoms with van der Waals surface area (Å²) in [5, 5.41) is 0.876. The van der Waals surface area contributed by atoms with E-state index in [0.29, 0.717) is 0 Å². The van der Waals surface area contributed by atoms with Crippen LogP contribution in [0.25, 0.3) is 0 Å². The second kappa shape index (κ2) is 3.54. The molecule has 0 aromatic rings. The molecule has 0 saturated carbocycles. The van der Waals surface area contributed by atoms with Gasteiger partial charge in [-0.2, -0.15) is 13.2 Å². The maximum atomic E-state index is 12.0. The minimum Gasteiger partial charge on any atom is -0.361 e. The number of hydrogen-bond donors (Lipinski definition) is 0. The molecule has 0 spiro atoms. The van der Waals surface area contributed by atoms with E-state index in [0.717, 1.165) is 18.4 Å². The van der Waals surface area contributed by atoms with Crippen molar-refractivity contribution < 1.29 is 26.3 Å². The Labute approximate surface area is 79.5 Å². The summed E-state index contributed by atoms with van der Waals surface area (Å²) >= 11 is 0. The van der Waals surface area contributed by atoms with Gasteiger partial charge in [-0.05, 0) is 13.0 Å². The van der Waals surface area contributed by atoms with Crippen LogP contribution < -0.4 is 0 Å². The highest BCUT2D eigenvalue weighted by molar-refractivity contribution is 7.94. The Morgan fingerprint density at radius 1 is 1.50 bits per heavy atom. The minimum absolute atomic E-state index is 0.409. The standard InChI is InChI=1S/C7H9F3O3S/c1-5(7(8,9)10)13-6-2-3-14(11,12)4-6/h2-3,5-6H,4H2,1H3. The molecule has 1 aliphatic rings. The van der Waals surface area contributed by atoms with Gasteiger partial charge < -0.3 is 4.74 Å². The summed E-state index contributed by atoms with van der Waals surface area (Å²) in [5.41, 5.74) is 0. The third kappa shape index (κ3) is 2.98. The van der Waals surface area contributed by atoms with Gasteiger partial charge in [0.05, 0.1) is 11.9 Å². The van der Waals surface area contributed by atoms with Crippen LogP contribution in [0.4, 0.5) is 13.2 Å². The van der Waals surface area contributed by atoms with Crippen molar-refractivity contribution in [3.05, 3.63) is 11.5 Å². The zero-order valence-corrected chi connectivity index (χ0v) is 8.10. The van der Waals surface area contributed by atoms with Crippen LogP contribution >= 0.6 is 0 Å². The monoisotopic (exact) mass is 230 g/mol. The van der Waals surface area contributed by atoms with Gasteiger partial charge in [-0.15, -0.1) is 0 Å². The molecule has 0 N–H and O–H groups in total. The Bertz CT molecular complexity index is 331. The molecular weight excluding hydrogens is 221 g/mol. The van der Waals surface area contributed by atoms with E-state index in [1.54, 1.807) is 0 Å². The van der Waals surface area contributed by atoms with Gasteiger partial charge in [0.2, 0.25) is 0 Å². The van der Waals surface area contributed by atoms with Crippen molar-refractivity contribution in [2.45, 2.75) is 25.3 Å². The summed E-state index contributed by atoms with van der Waals surface area (Å²) in [5.74, 6) is -0.409. The second-order valence-corrected chi connectivity index (χ2v) is 4.95. The highest BCUT2D eigenvalue weighted by Gasteiger charge is 2.39. The van der Waals surface area contributed by atoms with Crippen molar-refractivity contribution in [3.8, 4) is 0 Å². The molecule has 82 valence electrons. The normalized spacial score (nSPS) is 27.9. The van der Waals surface area contributed by atoms with Crippen LogP contribution in [-0.2, 0) is 14.6 Å². The highest BCUT2D eigenvalue weighted by atomic mass is 32.2. The maximum Gasteiger partial charge on any atom is 0.414 e. The average molecular weight is 230 g/mol. The summed E-state index contributed by atoms with van der Waals surface area (Å²) in [6, 6.07) is 0. The van der Waals surface area contributed by atoms with Gasteiger partial charge in [-0.1, -0.05) is 0 Å². The molecule has 1 heterocycles. The SMILES string of the molecule is CC(OC1C=CS(=O)(=O)C1)C(F)(F)F. The van der Waals surface area contributed by atoms with Crippen LogP contribution in [0.2, 0.25) is 0 Å². The number of alkyl halides is 3. The number of rotatable bonds is 2. The molecule has 3 nitrogen and oxygen atoms in total. The van der Waals surface area contributed by atoms with E-state index in [2.05, 4.69) is 4.74 Å². The number of halogens is 3. The Kier molecular flexibility index (Phi) is 2.91. The van der Waals surface area contributed by atoms with Crippen molar-refractivity contribution in [1.82, 2.24) is 0 Å². The van der Waals surface area contributed by atoms with Crippen molar-refractivity contribution in [2.24, 2.45) is 0 Å². The van der Waals surface area contributed by atoms with E-state index in [4.69, 9.17) is 0 Å². The van der Waals surface area contributed by atoms with Crippen LogP contribution in [0, 0.1) is 0 Å². The molecule has 0 radical (unpaired) electrons. The predicted octanol–water partition coefficient (Wildman–Crippen LogP) is 1.26. The minimum atomic E-state index is -4.46. The first-order valence-corrected chi connectivity index (χ1v) is 5.55. The Balaban J connectivity index is 2.54. The molecule has 1 rings (SSSR count). The maximum absolute atomic E-state index is 12.0. The van der Waals surface area contributed by atoms with Crippen molar-refractivity contribution in [1.29, 1.82) is 0 Å². The zero-order valence-electron chi connectivity index (χ0n) is 7.28. The smallest absolute Gasteiger partial charge is 0.361 e. The molecule has 7 heteroatoms. The van der Waals surface area contributed by atoms with Crippen molar-refractivity contribution in [2.75, 3.05) is 5.75 Å². The molecule has 0 bridgehead atoms. The fraction of sp³-hybridized carbons (Fsp3) is 0.714. The lowest BCUT2D eigenvalue weighted by Crippen LogP contribution is -2.33. The van der Waals surface area contributed by atoms with Gasteiger partial charge in [0.15, 0.2) is 15.9 Å². The number of sulfone groups is 1. The molecule has 0 aliphatic carbocycles. The van der Waals surface area contributed by atoms with E-state index in [1.807, 2.05) is 0 Å². The van der Waals surface area contributed by atoms with Crippen LogP contribution in [0.15, 0.2) is 11.5 Å². The fourth-order valence-corrected chi connectivity index (χ4v) is 2.14. The molecule has 2 unspecified atom stereocenters. The molecule has 0 aromatic carbocycles. The van der Waals surface area contributed by atoms with Crippen LogP contribution in [0.3, 0.4) is 0 Å². The first-order chi connectivity index (χ1) is 6.21. The molecule has 0 saturated heterocycles. The number of hydrogen-bond acceptors (Lipinski definition) is 3. The first-order valence-electron chi connectivity index (χ1n) is 3.84. The van der Waals surface area contributed by atoms with Gasteiger partial charge in [-0.25, -0.2) is 8.42 Å². The Hall–Kier alpha value is -0.560. The van der Waals surface area contributed by atoms with E-state index in [9.17, 15) is 21.6 Å². The quantitative estimate of drug-likeness (QED) is 0.717. The molecular formula is C7H9F3O3S. The van der Waals surface area contributed by atoms with E-state index in [-0.39, 0.29) is 0 Å². The van der Waals surface area contributed by atoms with Gasteiger partial charge in [0.1, 0.15) is 0 Å². The van der Waals surface area contributed by atoms with Gasteiger partial charge in [0, 0.05) is 5.41 Å². The second-order valence-electron chi connectivity index (χ2n) is 3.02. The largest absolute Gasteiger partial charge is 0.414 e. The van der Waals surface area contributed by atoms with E-state index in [1.165, 1.54) is 0 Å². The molecule has 0 amide bonds. The van der Waals surface area contributed by atoms with E-state index >= 15 is 0 Å². The van der Waals surface area contributed by atoms with Crippen LogP contribution in [-0.4, -0.2) is 32.6 Å². The lowest BCUT2D eigenvalue weighted by Gasteiger charge is -2.19. The van der Waals surface area contributed by atoms with Gasteiger partial charge >= 0.3 is 6.18 Å². The van der Waals surface area contributed by atoms with Crippen LogP contribution in [0.1, 0.15) is 6.92 Å². The predicted molar refractivity (Wildman–Crippen MR) is 43.3 cm³/mol. The summed E-state index contributed by atoms with van der Waals surface area (Å²) in [6.45, 7) is 0.846. The Morgan fingerprint density at radius 2 is 2.07 bits per heavy atom. The summed E-state index contributed by atoms with van der Waals surface area (Å²) in [4.78, 5) is 0. The van der Waals surface area contributed by atoms with Crippen molar-refractivity contribution in [3.63, 3.8) is 0 Å². The third-order valence-corrected chi connectivity index (χ3v) is 3.10. The summed E-state index contributed by atoms with van der Waals surface area (Å²) < 4.78 is 62.2. The van der Waals surface area contributed by atoms with Crippen LogP contribution in [0.5, 0.6) is 0 Å².